The Morgan fingerprint density at radius 2 is 0.788 bits per heavy atom. The van der Waals surface area contributed by atoms with Crippen molar-refractivity contribution < 1.29 is 71.7 Å². The lowest BCUT2D eigenvalue weighted by molar-refractivity contribution is -0.120. The van der Waals surface area contributed by atoms with Crippen molar-refractivity contribution in [1.29, 1.82) is 10.5 Å². The lowest BCUT2D eigenvalue weighted by Gasteiger charge is -2.24. The van der Waals surface area contributed by atoms with E-state index in [2.05, 4.69) is 21.1 Å². The highest BCUT2D eigenvalue weighted by atomic mass is 32.2. The number of aromatic nitrogens is 4. The number of sulfonamides is 2. The van der Waals surface area contributed by atoms with Crippen LogP contribution >= 0.6 is 22.7 Å². The van der Waals surface area contributed by atoms with Crippen LogP contribution in [0.25, 0.3) is 64.9 Å². The van der Waals surface area contributed by atoms with Gasteiger partial charge >= 0.3 is 44.8 Å². The molecule has 18 nitrogen and oxygen atoms in total. The molecule has 30 heteroatoms. The Balaban J connectivity index is 1.19. The molecule has 104 heavy (non-hydrogen) atoms. The SMILES string of the molecule is COc1ccc2sc(/C(C#N)=c3/c4c(-c5ccc(OCCCCC(=O)NS(=O)(=O)C(F)(F)F)cc5)n(B(c5ccccc5)c5ccccc5)/c(=C(/C#N)c5nc6cc(OC)ccc6s5)c4c(-c4ccc(OCCCCC(=O)NS(=O)(=O)C(F)(F)F)cc4)n3B(c3ccccc3)c3ccccc3)nc2c1. The first-order valence-corrected chi connectivity index (χ1v) is 36.8. The van der Waals surface area contributed by atoms with Crippen molar-refractivity contribution in [3.05, 3.63) is 227 Å². The first kappa shape index (κ1) is 72.6. The van der Waals surface area contributed by atoms with Gasteiger partial charge < -0.3 is 27.9 Å². The maximum atomic E-state index is 13.1. The van der Waals surface area contributed by atoms with Crippen LogP contribution in [0.15, 0.2) is 206 Å². The number of fused-ring (bicyclic) bond motifs is 3. The van der Waals surface area contributed by atoms with Crippen LogP contribution in [-0.4, -0.2) is 99.7 Å². The van der Waals surface area contributed by atoms with Gasteiger partial charge in [0.25, 0.3) is 0 Å². The summed E-state index contributed by atoms with van der Waals surface area (Å²) >= 11 is 2.57. The van der Waals surface area contributed by atoms with Gasteiger partial charge in [0.1, 0.15) is 56.3 Å². The Hall–Kier alpha value is -11.2. The average molecular weight is 1480 g/mol. The Kier molecular flexibility index (Phi) is 21.5. The fourth-order valence-electron chi connectivity index (χ4n) is 12.3. The topological polar surface area (TPSA) is 247 Å². The number of benzene rings is 8. The van der Waals surface area contributed by atoms with Crippen LogP contribution in [0.3, 0.4) is 0 Å². The zero-order chi connectivity index (χ0) is 73.5. The maximum Gasteiger partial charge on any atom is 0.516 e. The van der Waals surface area contributed by atoms with Gasteiger partial charge in [0.2, 0.25) is 11.8 Å². The maximum absolute atomic E-state index is 13.1. The van der Waals surface area contributed by atoms with Gasteiger partial charge in [-0.2, -0.15) is 53.7 Å². The Bertz CT molecular complexity index is 5220. The zero-order valence-corrected chi connectivity index (χ0v) is 58.4. The number of halogens is 6. The lowest BCUT2D eigenvalue weighted by Crippen LogP contribution is -2.54. The minimum absolute atomic E-state index is 0.0333. The van der Waals surface area contributed by atoms with E-state index in [4.69, 9.17) is 28.9 Å². The van der Waals surface area contributed by atoms with E-state index in [1.54, 1.807) is 62.8 Å². The number of amides is 2. The number of nitrogens with zero attached hydrogens (tertiary/aromatic N) is 6. The number of thiazole rings is 2. The van der Waals surface area contributed by atoms with E-state index in [0.717, 1.165) is 40.7 Å². The van der Waals surface area contributed by atoms with Crippen molar-refractivity contribution in [1.82, 2.24) is 28.4 Å². The number of carbonyl (C=O) groups is 2. The summed E-state index contributed by atoms with van der Waals surface area (Å²) in [5, 5.41) is 27.3. The van der Waals surface area contributed by atoms with E-state index in [1.807, 2.05) is 158 Å². The van der Waals surface area contributed by atoms with E-state index in [1.165, 1.54) is 22.7 Å². The highest BCUT2D eigenvalue weighted by molar-refractivity contribution is 7.91. The lowest BCUT2D eigenvalue weighted by atomic mass is 9.50. The Labute approximate surface area is 601 Å². The van der Waals surface area contributed by atoms with E-state index in [-0.39, 0.29) is 50.0 Å². The molecule has 0 atom stereocenters. The van der Waals surface area contributed by atoms with Gasteiger partial charge in [-0.15, -0.1) is 22.7 Å². The third-order valence-corrected chi connectivity index (χ3v) is 21.3. The van der Waals surface area contributed by atoms with E-state index in [9.17, 15) is 63.3 Å². The van der Waals surface area contributed by atoms with E-state index >= 15 is 0 Å². The second-order valence-corrected chi connectivity index (χ2v) is 29.0. The molecular formula is C74H58B2F6N8O10S4. The van der Waals surface area contributed by atoms with Crippen LogP contribution in [0.2, 0.25) is 0 Å². The zero-order valence-electron chi connectivity index (χ0n) is 55.1. The molecule has 526 valence electrons. The minimum Gasteiger partial charge on any atom is -0.497 e. The van der Waals surface area contributed by atoms with Crippen LogP contribution in [0, 0.1) is 22.7 Å². The quantitative estimate of drug-likeness (QED) is 0.0291. The number of methoxy groups -OCH3 is 2. The molecule has 2 amide bonds. The van der Waals surface area contributed by atoms with Gasteiger partial charge in [-0.05, 0) is 110 Å². The number of carbonyl (C=O) groups excluding carboxylic acids is 2. The number of hydrogen-bond donors (Lipinski definition) is 2. The molecule has 0 radical (unpaired) electrons. The van der Waals surface area contributed by atoms with E-state index < -0.39 is 69.4 Å². The molecule has 0 saturated carbocycles. The van der Waals surface area contributed by atoms with Gasteiger partial charge in [-0.3, -0.25) is 9.59 Å². The molecule has 0 aliphatic carbocycles. The number of nitriles is 2. The van der Waals surface area contributed by atoms with Gasteiger partial charge in [0, 0.05) is 47.1 Å². The van der Waals surface area contributed by atoms with Gasteiger partial charge in [0.05, 0.1) is 58.6 Å². The second kappa shape index (κ2) is 30.8. The van der Waals surface area contributed by atoms with Crippen molar-refractivity contribution in [3.8, 4) is 57.7 Å². The van der Waals surface area contributed by atoms with Gasteiger partial charge in [-0.1, -0.05) is 143 Å². The van der Waals surface area contributed by atoms with Crippen molar-refractivity contribution in [2.24, 2.45) is 0 Å². The van der Waals surface area contributed by atoms with Crippen LogP contribution in [0.1, 0.15) is 48.5 Å². The van der Waals surface area contributed by atoms with Crippen LogP contribution < -0.4 is 60.9 Å². The standard InChI is InChI=1S/C74H58B2F6N8O10S4/c1-97-55-37-39-61-59(43-55)85-71(101-61)57(45-83)69-65-66(68(89(69)75(49-19-7-3-8-20-49)50-21-9-4-10-22-50)48-31-35-54(36-32-48)100-42-18-16-28-64(92)88-104(95,96)74(80,81)82)70(58(46-84)72-86-60-44-56(98-2)38-40-62(60)102-72)90(76(51-23-11-5-12-24-51)52-25-13-6-14-26-52)67(65)47-29-33-53(34-30-47)99-41-17-15-27-63(91)87-103(93,94)73(77,78)79/h3-14,19-26,29-40,43-44H,15-18,27-28,41-42H2,1-2H3,(H,87,91)(H,88,92)/b69-57-,70-58-. The first-order valence-electron chi connectivity index (χ1n) is 32.2. The summed E-state index contributed by atoms with van der Waals surface area (Å²) in [4.78, 5) is 35.2. The summed E-state index contributed by atoms with van der Waals surface area (Å²) in [7, 11) is -8.74. The third kappa shape index (κ3) is 15.3. The molecule has 0 aliphatic rings. The van der Waals surface area contributed by atoms with Crippen LogP contribution in [0.4, 0.5) is 26.3 Å². The van der Waals surface area contributed by atoms with Crippen molar-refractivity contribution in [2.75, 3.05) is 27.4 Å². The summed E-state index contributed by atoms with van der Waals surface area (Å²) in [5.41, 5.74) is -4.90. The van der Waals surface area contributed by atoms with E-state index in [0.29, 0.717) is 88.0 Å². The molecule has 4 heterocycles. The predicted octanol–water partition coefficient (Wildman–Crippen LogP) is 10.8. The van der Waals surface area contributed by atoms with Gasteiger partial charge in [-0.25, -0.2) is 19.4 Å². The van der Waals surface area contributed by atoms with Gasteiger partial charge in [0.15, 0.2) is 0 Å². The molecule has 12 aromatic rings. The number of alkyl halides is 6. The smallest absolute Gasteiger partial charge is 0.497 e. The summed E-state index contributed by atoms with van der Waals surface area (Å²) < 4.78 is 157. The largest absolute Gasteiger partial charge is 0.516 e. The number of rotatable bonds is 26. The number of nitrogens with one attached hydrogen (secondary N) is 2. The molecule has 0 aliphatic heterocycles. The first-order chi connectivity index (χ1) is 50.0. The fraction of sp³-hybridized carbons (Fsp3) is 0.162. The highest BCUT2D eigenvalue weighted by Gasteiger charge is 2.48. The fourth-order valence-corrected chi connectivity index (χ4v) is 15.2. The molecule has 4 aromatic heterocycles. The molecule has 0 saturated heterocycles. The average Bonchev–Trinajstić information content (AvgIpc) is 1.52. The molecule has 2 N–H and O–H groups in total. The van der Waals surface area contributed by atoms with Crippen molar-refractivity contribution in [2.45, 2.75) is 49.5 Å². The molecule has 0 spiro atoms. The third-order valence-electron chi connectivity index (χ3n) is 16.9. The second-order valence-electron chi connectivity index (χ2n) is 23.6. The summed E-state index contributed by atoms with van der Waals surface area (Å²) in [6, 6.07) is 69.2. The molecule has 12 rings (SSSR count). The molecule has 8 aromatic carbocycles. The molecule has 0 bridgehead atoms. The monoisotopic (exact) mass is 1480 g/mol. The predicted molar refractivity (Wildman–Crippen MR) is 390 cm³/mol. The van der Waals surface area contributed by atoms with Crippen molar-refractivity contribution >= 4 is 132 Å². The highest BCUT2D eigenvalue weighted by Crippen LogP contribution is 2.40. The molecule has 0 fully saturated rings. The Morgan fingerprint density at radius 1 is 0.471 bits per heavy atom. The normalized spacial score (nSPS) is 12.5. The Morgan fingerprint density at radius 3 is 1.09 bits per heavy atom. The number of unbranched alkanes of at least 4 members (excludes halogenated alkanes) is 2. The van der Waals surface area contributed by atoms with Crippen molar-refractivity contribution in [3.63, 3.8) is 0 Å². The minimum atomic E-state index is -5.91. The number of hydrogen-bond acceptors (Lipinski definition) is 16. The molecule has 0 unspecified atom stereocenters. The summed E-state index contributed by atoms with van der Waals surface area (Å²) in [5.74, 6) is -0.969. The van der Waals surface area contributed by atoms with Crippen LogP contribution in [0.5, 0.6) is 23.0 Å². The summed E-state index contributed by atoms with van der Waals surface area (Å²) in [6.45, 7) is -1.70. The number of ether oxygens (including phenoxy) is 4. The summed E-state index contributed by atoms with van der Waals surface area (Å²) in [6.07, 6.45) is -0.899. The van der Waals surface area contributed by atoms with Crippen LogP contribution in [-0.2, 0) is 29.6 Å². The molecular weight excluding hydrogens is 1420 g/mol.